The molecule has 2 heterocycles. The standard InChI is InChI=1S/C13H18ClN3S/c1-3-5-15-9-10(4-2)8-11-12(14)16-13-17(11)6-7-18-13/h6-8,15H,3-5,9H2,1-2H3. The Morgan fingerprint density at radius 3 is 3.11 bits per heavy atom. The van der Waals surface area contributed by atoms with Crippen LogP contribution in [0.5, 0.6) is 0 Å². The zero-order valence-corrected chi connectivity index (χ0v) is 12.3. The van der Waals surface area contributed by atoms with Gasteiger partial charge in [0.2, 0.25) is 0 Å². The summed E-state index contributed by atoms with van der Waals surface area (Å²) in [6.07, 6.45) is 6.33. The molecular weight excluding hydrogens is 266 g/mol. The molecule has 0 atom stereocenters. The molecule has 0 aromatic carbocycles. The van der Waals surface area contributed by atoms with Crippen LogP contribution in [-0.2, 0) is 0 Å². The number of hydrogen-bond acceptors (Lipinski definition) is 3. The van der Waals surface area contributed by atoms with E-state index in [2.05, 4.69) is 30.2 Å². The Labute approximate surface area is 116 Å². The lowest BCUT2D eigenvalue weighted by molar-refractivity contribution is 0.705. The summed E-state index contributed by atoms with van der Waals surface area (Å²) in [6.45, 7) is 6.30. The topological polar surface area (TPSA) is 29.3 Å². The molecule has 0 aliphatic rings. The molecular formula is C13H18ClN3S. The first kappa shape index (κ1) is 13.6. The average molecular weight is 284 g/mol. The molecule has 2 rings (SSSR count). The number of fused-ring (bicyclic) bond motifs is 1. The van der Waals surface area contributed by atoms with Crippen LogP contribution in [0.25, 0.3) is 11.0 Å². The summed E-state index contributed by atoms with van der Waals surface area (Å²) in [4.78, 5) is 5.29. The van der Waals surface area contributed by atoms with Crippen LogP contribution in [0.3, 0.4) is 0 Å². The van der Waals surface area contributed by atoms with Gasteiger partial charge in [-0.2, -0.15) is 0 Å². The van der Waals surface area contributed by atoms with Gasteiger partial charge in [0.25, 0.3) is 0 Å². The van der Waals surface area contributed by atoms with E-state index >= 15 is 0 Å². The van der Waals surface area contributed by atoms with E-state index in [1.165, 1.54) is 5.57 Å². The lowest BCUT2D eigenvalue weighted by Gasteiger charge is -2.06. The van der Waals surface area contributed by atoms with Gasteiger partial charge in [0, 0.05) is 18.1 Å². The van der Waals surface area contributed by atoms with Gasteiger partial charge in [0.1, 0.15) is 0 Å². The van der Waals surface area contributed by atoms with Crippen molar-refractivity contribution in [3.8, 4) is 0 Å². The largest absolute Gasteiger partial charge is 0.313 e. The molecule has 0 saturated carbocycles. The third-order valence-electron chi connectivity index (χ3n) is 2.83. The van der Waals surface area contributed by atoms with Crippen molar-refractivity contribution in [2.24, 2.45) is 0 Å². The van der Waals surface area contributed by atoms with Crippen molar-refractivity contribution in [1.82, 2.24) is 14.7 Å². The van der Waals surface area contributed by atoms with Crippen LogP contribution >= 0.6 is 22.9 Å². The maximum absolute atomic E-state index is 6.18. The summed E-state index contributed by atoms with van der Waals surface area (Å²) in [5.41, 5.74) is 2.33. The first-order valence-corrected chi connectivity index (χ1v) is 7.53. The van der Waals surface area contributed by atoms with Crippen molar-refractivity contribution in [2.75, 3.05) is 13.1 Å². The van der Waals surface area contributed by atoms with Gasteiger partial charge in [-0.15, -0.1) is 11.3 Å². The fourth-order valence-corrected chi connectivity index (χ4v) is 2.80. The van der Waals surface area contributed by atoms with Gasteiger partial charge >= 0.3 is 0 Å². The van der Waals surface area contributed by atoms with Crippen LogP contribution in [0.1, 0.15) is 32.4 Å². The number of rotatable bonds is 6. The van der Waals surface area contributed by atoms with E-state index in [-0.39, 0.29) is 0 Å². The maximum atomic E-state index is 6.18. The fourth-order valence-electron chi connectivity index (χ4n) is 1.80. The highest BCUT2D eigenvalue weighted by Crippen LogP contribution is 2.23. The second-order valence-electron chi connectivity index (χ2n) is 4.18. The Morgan fingerprint density at radius 2 is 2.39 bits per heavy atom. The molecule has 0 aliphatic heterocycles. The van der Waals surface area contributed by atoms with Gasteiger partial charge in [0.05, 0.1) is 5.69 Å². The molecule has 0 saturated heterocycles. The average Bonchev–Trinajstić information content (AvgIpc) is 2.91. The summed E-state index contributed by atoms with van der Waals surface area (Å²) in [6, 6.07) is 0. The van der Waals surface area contributed by atoms with Crippen LogP contribution in [0, 0.1) is 0 Å². The van der Waals surface area contributed by atoms with Crippen molar-refractivity contribution in [2.45, 2.75) is 26.7 Å². The van der Waals surface area contributed by atoms with E-state index in [0.717, 1.165) is 36.6 Å². The monoisotopic (exact) mass is 283 g/mol. The van der Waals surface area contributed by atoms with Gasteiger partial charge in [-0.3, -0.25) is 4.40 Å². The van der Waals surface area contributed by atoms with Gasteiger partial charge in [-0.1, -0.05) is 31.0 Å². The van der Waals surface area contributed by atoms with Gasteiger partial charge in [0.15, 0.2) is 10.1 Å². The Hall–Kier alpha value is -0.840. The van der Waals surface area contributed by atoms with E-state index in [9.17, 15) is 0 Å². The maximum Gasteiger partial charge on any atom is 0.195 e. The van der Waals surface area contributed by atoms with Crippen molar-refractivity contribution in [1.29, 1.82) is 0 Å². The first-order valence-electron chi connectivity index (χ1n) is 6.27. The Balaban J connectivity index is 2.23. The number of nitrogens with one attached hydrogen (secondary N) is 1. The molecule has 0 aliphatic carbocycles. The lowest BCUT2D eigenvalue weighted by Crippen LogP contribution is -2.17. The van der Waals surface area contributed by atoms with Crippen molar-refractivity contribution in [3.05, 3.63) is 28.0 Å². The molecule has 18 heavy (non-hydrogen) atoms. The zero-order chi connectivity index (χ0) is 13.0. The van der Waals surface area contributed by atoms with Crippen molar-refractivity contribution >= 4 is 34.0 Å². The predicted octanol–water partition coefficient (Wildman–Crippen LogP) is 3.84. The van der Waals surface area contributed by atoms with Gasteiger partial charge in [-0.05, 0) is 25.5 Å². The molecule has 0 unspecified atom stereocenters. The molecule has 98 valence electrons. The second-order valence-corrected chi connectivity index (χ2v) is 5.41. The number of nitrogens with zero attached hydrogens (tertiary/aromatic N) is 2. The fraction of sp³-hybridized carbons (Fsp3) is 0.462. The highest BCUT2D eigenvalue weighted by atomic mass is 35.5. The second kappa shape index (κ2) is 6.36. The third-order valence-corrected chi connectivity index (χ3v) is 3.86. The Kier molecular flexibility index (Phi) is 4.80. The minimum Gasteiger partial charge on any atom is -0.313 e. The van der Waals surface area contributed by atoms with E-state index in [0.29, 0.717) is 5.15 Å². The van der Waals surface area contributed by atoms with E-state index in [4.69, 9.17) is 11.6 Å². The first-order chi connectivity index (χ1) is 8.76. The van der Waals surface area contributed by atoms with Crippen LogP contribution < -0.4 is 5.32 Å². The van der Waals surface area contributed by atoms with Crippen LogP contribution in [-0.4, -0.2) is 22.5 Å². The molecule has 2 aromatic rings. The summed E-state index contributed by atoms with van der Waals surface area (Å²) in [5.74, 6) is 0. The summed E-state index contributed by atoms with van der Waals surface area (Å²) in [7, 11) is 0. The lowest BCUT2D eigenvalue weighted by atomic mass is 10.1. The molecule has 3 nitrogen and oxygen atoms in total. The molecule has 0 fully saturated rings. The SMILES string of the molecule is CCCNCC(=Cc1c(Cl)nc2sccn12)CC. The van der Waals surface area contributed by atoms with E-state index in [1.54, 1.807) is 11.3 Å². The smallest absolute Gasteiger partial charge is 0.195 e. The quantitative estimate of drug-likeness (QED) is 0.816. The number of imidazole rings is 1. The van der Waals surface area contributed by atoms with E-state index < -0.39 is 0 Å². The summed E-state index contributed by atoms with van der Waals surface area (Å²) in [5, 5.41) is 6.03. The number of halogens is 1. The molecule has 0 amide bonds. The molecule has 0 radical (unpaired) electrons. The summed E-state index contributed by atoms with van der Waals surface area (Å²) >= 11 is 7.78. The van der Waals surface area contributed by atoms with Gasteiger partial charge < -0.3 is 5.32 Å². The molecule has 2 aromatic heterocycles. The predicted molar refractivity (Wildman–Crippen MR) is 79.5 cm³/mol. The number of hydrogen-bond donors (Lipinski definition) is 1. The van der Waals surface area contributed by atoms with Crippen molar-refractivity contribution < 1.29 is 0 Å². The molecule has 1 N–H and O–H groups in total. The Morgan fingerprint density at radius 1 is 1.56 bits per heavy atom. The highest BCUT2D eigenvalue weighted by molar-refractivity contribution is 7.15. The molecule has 0 spiro atoms. The highest BCUT2D eigenvalue weighted by Gasteiger charge is 2.09. The van der Waals surface area contributed by atoms with Crippen LogP contribution in [0.2, 0.25) is 5.15 Å². The van der Waals surface area contributed by atoms with Crippen LogP contribution in [0.15, 0.2) is 17.2 Å². The number of aromatic nitrogens is 2. The normalized spacial score (nSPS) is 12.5. The van der Waals surface area contributed by atoms with E-state index in [1.807, 2.05) is 16.0 Å². The Bertz CT molecular complexity index is 541. The van der Waals surface area contributed by atoms with Gasteiger partial charge in [-0.25, -0.2) is 4.98 Å². The van der Waals surface area contributed by atoms with Crippen molar-refractivity contribution in [3.63, 3.8) is 0 Å². The zero-order valence-electron chi connectivity index (χ0n) is 10.7. The molecule has 5 heteroatoms. The third kappa shape index (κ3) is 2.94. The minimum absolute atomic E-state index is 0.586. The minimum atomic E-state index is 0.586. The summed E-state index contributed by atoms with van der Waals surface area (Å²) < 4.78 is 2.04. The number of thiazole rings is 1. The molecule has 0 bridgehead atoms. The van der Waals surface area contributed by atoms with Crippen LogP contribution in [0.4, 0.5) is 0 Å².